The van der Waals surface area contributed by atoms with Gasteiger partial charge >= 0.3 is 0 Å². The molecule has 1 aliphatic heterocycles. The molecular weight excluding hydrogens is 230 g/mol. The number of nitrogens with two attached hydrogens (primary N) is 1. The molecule has 0 saturated carbocycles. The fourth-order valence-corrected chi connectivity index (χ4v) is 2.41. The van der Waals surface area contributed by atoms with Crippen molar-refractivity contribution in [2.24, 2.45) is 5.73 Å². The third-order valence-electron chi connectivity index (χ3n) is 3.45. The lowest BCUT2D eigenvalue weighted by Crippen LogP contribution is -2.42. The van der Waals surface area contributed by atoms with Gasteiger partial charge in [-0.1, -0.05) is 6.92 Å². The quantitative estimate of drug-likeness (QED) is 0.833. The molecule has 5 nitrogen and oxygen atoms in total. The van der Waals surface area contributed by atoms with Crippen LogP contribution in [0.25, 0.3) is 0 Å². The van der Waals surface area contributed by atoms with E-state index in [1.165, 1.54) is 0 Å². The molecule has 18 heavy (non-hydrogen) atoms. The summed E-state index contributed by atoms with van der Waals surface area (Å²) in [5, 5.41) is 2.88. The minimum atomic E-state index is 0.0179. The van der Waals surface area contributed by atoms with E-state index in [1.54, 1.807) is 6.26 Å². The zero-order valence-electron chi connectivity index (χ0n) is 10.8. The van der Waals surface area contributed by atoms with Gasteiger partial charge in [0, 0.05) is 32.1 Å². The second kappa shape index (κ2) is 6.02. The van der Waals surface area contributed by atoms with E-state index in [2.05, 4.69) is 17.1 Å². The molecular formula is C13H21N3O2. The fraction of sp³-hybridized carbons (Fsp3) is 0.615. The highest BCUT2D eigenvalue weighted by molar-refractivity contribution is 5.76. The van der Waals surface area contributed by atoms with Crippen molar-refractivity contribution in [2.75, 3.05) is 19.6 Å². The van der Waals surface area contributed by atoms with Gasteiger partial charge in [0.1, 0.15) is 5.76 Å². The van der Waals surface area contributed by atoms with Gasteiger partial charge < -0.3 is 15.5 Å². The zero-order valence-corrected chi connectivity index (χ0v) is 10.8. The molecule has 2 rings (SSSR count). The maximum atomic E-state index is 11.4. The molecule has 2 atom stereocenters. The summed E-state index contributed by atoms with van der Waals surface area (Å²) >= 11 is 0. The number of carbonyl (C=O) groups is 1. The molecule has 0 radical (unpaired) electrons. The number of amides is 1. The summed E-state index contributed by atoms with van der Waals surface area (Å²) < 4.78 is 5.51. The predicted octanol–water partition coefficient (Wildman–Crippen LogP) is 0.880. The third kappa shape index (κ3) is 2.91. The summed E-state index contributed by atoms with van der Waals surface area (Å²) in [5.74, 6) is 1.000. The first-order valence-electron chi connectivity index (χ1n) is 6.52. The molecule has 1 aromatic rings. The Kier molecular flexibility index (Phi) is 4.38. The topological polar surface area (TPSA) is 71.5 Å². The first kappa shape index (κ1) is 13.1. The Labute approximate surface area is 107 Å². The maximum absolute atomic E-state index is 11.4. The normalized spacial score (nSPS) is 21.1. The van der Waals surface area contributed by atoms with Crippen molar-refractivity contribution in [3.63, 3.8) is 0 Å². The summed E-state index contributed by atoms with van der Waals surface area (Å²) in [6.45, 7) is 4.28. The van der Waals surface area contributed by atoms with E-state index in [9.17, 15) is 4.79 Å². The van der Waals surface area contributed by atoms with E-state index < -0.39 is 0 Å². The van der Waals surface area contributed by atoms with Crippen LogP contribution in [0, 0.1) is 0 Å². The average Bonchev–Trinajstić information content (AvgIpc) is 2.80. The molecule has 0 bridgehead atoms. The molecule has 1 aliphatic rings. The van der Waals surface area contributed by atoms with Gasteiger partial charge in [0.25, 0.3) is 0 Å². The minimum Gasteiger partial charge on any atom is -0.468 e. The molecule has 1 amide bonds. The molecule has 3 N–H and O–H groups in total. The Bertz CT molecular complexity index is 378. The molecule has 0 aliphatic carbocycles. The molecule has 2 heterocycles. The number of rotatable bonds is 4. The van der Waals surface area contributed by atoms with E-state index in [1.807, 2.05) is 12.1 Å². The van der Waals surface area contributed by atoms with Gasteiger partial charge in [-0.25, -0.2) is 0 Å². The smallest absolute Gasteiger partial charge is 0.221 e. The van der Waals surface area contributed by atoms with Crippen molar-refractivity contribution in [1.82, 2.24) is 10.2 Å². The monoisotopic (exact) mass is 251 g/mol. The van der Waals surface area contributed by atoms with E-state index in [0.29, 0.717) is 13.0 Å². The number of hydrogen-bond donors (Lipinski definition) is 2. The summed E-state index contributed by atoms with van der Waals surface area (Å²) in [7, 11) is 0. The first-order chi connectivity index (χ1) is 8.72. The first-order valence-corrected chi connectivity index (χ1v) is 6.52. The number of hydrogen-bond acceptors (Lipinski definition) is 4. The van der Waals surface area contributed by atoms with Crippen LogP contribution in [0.4, 0.5) is 0 Å². The van der Waals surface area contributed by atoms with Crippen molar-refractivity contribution in [3.05, 3.63) is 24.2 Å². The molecule has 2 unspecified atom stereocenters. The van der Waals surface area contributed by atoms with Crippen LogP contribution in [-0.2, 0) is 4.79 Å². The largest absolute Gasteiger partial charge is 0.468 e. The zero-order chi connectivity index (χ0) is 13.0. The van der Waals surface area contributed by atoms with Gasteiger partial charge in [0.2, 0.25) is 5.91 Å². The SMILES string of the molecule is CCC(N)C(c1ccco1)N1CCNC(=O)CC1. The highest BCUT2D eigenvalue weighted by Crippen LogP contribution is 2.26. The van der Waals surface area contributed by atoms with Crippen LogP contribution in [0.5, 0.6) is 0 Å². The highest BCUT2D eigenvalue weighted by Gasteiger charge is 2.29. The molecule has 1 fully saturated rings. The second-order valence-corrected chi connectivity index (χ2v) is 4.67. The lowest BCUT2D eigenvalue weighted by molar-refractivity contribution is -0.120. The number of carbonyl (C=O) groups excluding carboxylic acids is 1. The Hall–Kier alpha value is -1.33. The van der Waals surface area contributed by atoms with Crippen LogP contribution in [0.1, 0.15) is 31.6 Å². The molecule has 100 valence electrons. The standard InChI is InChI=1S/C13H21N3O2/c1-2-10(14)13(11-4-3-9-18-11)16-7-5-12(17)15-6-8-16/h3-4,9-10,13H,2,5-8,14H2,1H3,(H,15,17). The lowest BCUT2D eigenvalue weighted by atomic mass is 10.0. The Morgan fingerprint density at radius 2 is 2.39 bits per heavy atom. The summed E-state index contributed by atoms with van der Waals surface area (Å²) in [5.41, 5.74) is 6.22. The van der Waals surface area contributed by atoms with Crippen LogP contribution in [0.15, 0.2) is 22.8 Å². The van der Waals surface area contributed by atoms with E-state index in [4.69, 9.17) is 10.2 Å². The molecule has 1 saturated heterocycles. The van der Waals surface area contributed by atoms with Gasteiger partial charge in [-0.15, -0.1) is 0 Å². The van der Waals surface area contributed by atoms with E-state index in [-0.39, 0.29) is 18.0 Å². The van der Waals surface area contributed by atoms with Crippen molar-refractivity contribution >= 4 is 5.91 Å². The summed E-state index contributed by atoms with van der Waals surface area (Å²) in [6, 6.07) is 3.91. The van der Waals surface area contributed by atoms with Gasteiger partial charge in [-0.05, 0) is 18.6 Å². The van der Waals surface area contributed by atoms with Gasteiger partial charge in [-0.2, -0.15) is 0 Å². The lowest BCUT2D eigenvalue weighted by Gasteiger charge is -2.32. The summed E-state index contributed by atoms with van der Waals surface area (Å²) in [6.07, 6.45) is 3.07. The Balaban J connectivity index is 2.15. The molecule has 1 aromatic heterocycles. The fourth-order valence-electron chi connectivity index (χ4n) is 2.41. The Morgan fingerprint density at radius 3 is 3.06 bits per heavy atom. The molecule has 0 aromatic carbocycles. The van der Waals surface area contributed by atoms with Gasteiger partial charge in [-0.3, -0.25) is 9.69 Å². The molecule has 0 spiro atoms. The molecule has 5 heteroatoms. The van der Waals surface area contributed by atoms with Crippen LogP contribution in [-0.4, -0.2) is 36.5 Å². The predicted molar refractivity (Wildman–Crippen MR) is 68.9 cm³/mol. The highest BCUT2D eigenvalue weighted by atomic mass is 16.3. The Morgan fingerprint density at radius 1 is 1.56 bits per heavy atom. The van der Waals surface area contributed by atoms with Crippen LogP contribution in [0.3, 0.4) is 0 Å². The van der Waals surface area contributed by atoms with E-state index in [0.717, 1.165) is 25.3 Å². The van der Waals surface area contributed by atoms with Gasteiger partial charge in [0.15, 0.2) is 0 Å². The number of nitrogens with zero attached hydrogens (tertiary/aromatic N) is 1. The number of furan rings is 1. The van der Waals surface area contributed by atoms with Gasteiger partial charge in [0.05, 0.1) is 12.3 Å². The van der Waals surface area contributed by atoms with Crippen LogP contribution >= 0.6 is 0 Å². The van der Waals surface area contributed by atoms with Crippen molar-refractivity contribution in [2.45, 2.75) is 31.8 Å². The van der Waals surface area contributed by atoms with E-state index >= 15 is 0 Å². The maximum Gasteiger partial charge on any atom is 0.221 e. The third-order valence-corrected chi connectivity index (χ3v) is 3.45. The minimum absolute atomic E-state index is 0.0179. The van der Waals surface area contributed by atoms with Crippen LogP contribution < -0.4 is 11.1 Å². The van der Waals surface area contributed by atoms with Crippen molar-refractivity contribution in [3.8, 4) is 0 Å². The van der Waals surface area contributed by atoms with Crippen molar-refractivity contribution in [1.29, 1.82) is 0 Å². The average molecular weight is 251 g/mol. The second-order valence-electron chi connectivity index (χ2n) is 4.67. The van der Waals surface area contributed by atoms with Crippen LogP contribution in [0.2, 0.25) is 0 Å². The van der Waals surface area contributed by atoms with Crippen molar-refractivity contribution < 1.29 is 9.21 Å². The number of nitrogens with one attached hydrogen (secondary N) is 1. The summed E-state index contributed by atoms with van der Waals surface area (Å²) in [4.78, 5) is 13.6.